The molecule has 1 aliphatic heterocycles. The standard InChI is InChI=1S/C15H23ClN2O2S/c1-2-21(19,20)12-11-17-7-9-18(10-8-17)13-14-5-3-4-6-15(14)16/h3-6H,2,7-13H2,1H3. The molecule has 0 atom stereocenters. The van der Waals surface area contributed by atoms with E-state index in [9.17, 15) is 8.42 Å². The van der Waals surface area contributed by atoms with E-state index in [0.29, 0.717) is 6.54 Å². The van der Waals surface area contributed by atoms with Gasteiger partial charge in [0.05, 0.1) is 5.75 Å². The zero-order valence-electron chi connectivity index (χ0n) is 12.5. The largest absolute Gasteiger partial charge is 0.300 e. The lowest BCUT2D eigenvalue weighted by atomic mass is 10.2. The van der Waals surface area contributed by atoms with Crippen molar-refractivity contribution in [3.8, 4) is 0 Å². The summed E-state index contributed by atoms with van der Waals surface area (Å²) in [5.74, 6) is 0.507. The summed E-state index contributed by atoms with van der Waals surface area (Å²) in [4.78, 5) is 4.60. The fraction of sp³-hybridized carbons (Fsp3) is 0.600. The van der Waals surface area contributed by atoms with E-state index >= 15 is 0 Å². The van der Waals surface area contributed by atoms with E-state index in [1.54, 1.807) is 6.92 Å². The minimum absolute atomic E-state index is 0.236. The number of piperazine rings is 1. The third-order valence-corrected chi connectivity index (χ3v) is 6.03. The topological polar surface area (TPSA) is 40.6 Å². The second-order valence-electron chi connectivity index (χ2n) is 5.45. The predicted octanol–water partition coefficient (Wildman–Crippen LogP) is 1.89. The summed E-state index contributed by atoms with van der Waals surface area (Å²) in [6.07, 6.45) is 0. The molecule has 0 bridgehead atoms. The summed E-state index contributed by atoms with van der Waals surface area (Å²) in [7, 11) is -2.86. The van der Waals surface area contributed by atoms with Crippen molar-refractivity contribution in [3.05, 3.63) is 34.9 Å². The van der Waals surface area contributed by atoms with Crippen LogP contribution in [0.15, 0.2) is 24.3 Å². The van der Waals surface area contributed by atoms with E-state index in [4.69, 9.17) is 11.6 Å². The van der Waals surface area contributed by atoms with Crippen LogP contribution in [0.4, 0.5) is 0 Å². The van der Waals surface area contributed by atoms with E-state index in [-0.39, 0.29) is 11.5 Å². The Bertz CT molecular complexity index is 555. The van der Waals surface area contributed by atoms with Gasteiger partial charge in [-0.2, -0.15) is 0 Å². The first-order chi connectivity index (χ1) is 10.00. The van der Waals surface area contributed by atoms with Gasteiger partial charge >= 0.3 is 0 Å². The fourth-order valence-corrected chi connectivity index (χ4v) is 3.47. The maximum absolute atomic E-state index is 11.5. The summed E-state index contributed by atoms with van der Waals surface area (Å²) in [5, 5.41) is 0.814. The molecule has 21 heavy (non-hydrogen) atoms. The van der Waals surface area contributed by atoms with Crippen LogP contribution < -0.4 is 0 Å². The van der Waals surface area contributed by atoms with Crippen molar-refractivity contribution in [3.63, 3.8) is 0 Å². The van der Waals surface area contributed by atoms with E-state index in [1.807, 2.05) is 18.2 Å². The van der Waals surface area contributed by atoms with Crippen molar-refractivity contribution < 1.29 is 8.42 Å². The number of hydrogen-bond donors (Lipinski definition) is 0. The first-order valence-corrected chi connectivity index (χ1v) is 9.58. The Hall–Kier alpha value is -0.620. The van der Waals surface area contributed by atoms with Crippen LogP contribution in [0.2, 0.25) is 5.02 Å². The number of nitrogens with zero attached hydrogens (tertiary/aromatic N) is 2. The van der Waals surface area contributed by atoms with Crippen LogP contribution in [0.3, 0.4) is 0 Å². The molecule has 1 aromatic rings. The van der Waals surface area contributed by atoms with Gasteiger partial charge in [0.25, 0.3) is 0 Å². The van der Waals surface area contributed by atoms with E-state index in [2.05, 4.69) is 15.9 Å². The zero-order valence-corrected chi connectivity index (χ0v) is 14.0. The molecular formula is C15H23ClN2O2S. The van der Waals surface area contributed by atoms with Gasteiger partial charge in [0.2, 0.25) is 0 Å². The summed E-state index contributed by atoms with van der Waals surface area (Å²) in [6.45, 7) is 6.97. The van der Waals surface area contributed by atoms with Gasteiger partial charge < -0.3 is 0 Å². The molecule has 0 aliphatic carbocycles. The molecule has 0 N–H and O–H groups in total. The molecule has 1 fully saturated rings. The Morgan fingerprint density at radius 3 is 2.33 bits per heavy atom. The SMILES string of the molecule is CCS(=O)(=O)CCN1CCN(Cc2ccccc2Cl)CC1. The average Bonchev–Trinajstić information content (AvgIpc) is 2.49. The quantitative estimate of drug-likeness (QED) is 0.798. The first-order valence-electron chi connectivity index (χ1n) is 7.39. The number of rotatable bonds is 6. The van der Waals surface area contributed by atoms with E-state index in [0.717, 1.165) is 43.3 Å². The molecule has 1 saturated heterocycles. The molecule has 0 amide bonds. The second kappa shape index (κ2) is 7.58. The van der Waals surface area contributed by atoms with Crippen molar-refractivity contribution in [2.75, 3.05) is 44.2 Å². The van der Waals surface area contributed by atoms with Gasteiger partial charge in [-0.1, -0.05) is 36.7 Å². The lowest BCUT2D eigenvalue weighted by Crippen LogP contribution is -2.47. The van der Waals surface area contributed by atoms with Gasteiger partial charge in [0.1, 0.15) is 0 Å². The van der Waals surface area contributed by atoms with Crippen LogP contribution in [0.25, 0.3) is 0 Å². The molecule has 1 aromatic carbocycles. The van der Waals surface area contributed by atoms with Crippen LogP contribution in [-0.2, 0) is 16.4 Å². The maximum Gasteiger partial charge on any atom is 0.151 e. The Morgan fingerprint density at radius 1 is 1.10 bits per heavy atom. The average molecular weight is 331 g/mol. The van der Waals surface area contributed by atoms with Gasteiger partial charge in [0, 0.05) is 50.0 Å². The molecule has 2 rings (SSSR count). The minimum atomic E-state index is -2.86. The lowest BCUT2D eigenvalue weighted by molar-refractivity contribution is 0.132. The third kappa shape index (κ3) is 5.25. The lowest BCUT2D eigenvalue weighted by Gasteiger charge is -2.34. The maximum atomic E-state index is 11.5. The predicted molar refractivity (Wildman–Crippen MR) is 87.5 cm³/mol. The third-order valence-electron chi connectivity index (χ3n) is 3.98. The molecule has 0 unspecified atom stereocenters. The number of sulfone groups is 1. The summed E-state index contributed by atoms with van der Waals surface area (Å²) in [6, 6.07) is 7.93. The van der Waals surface area contributed by atoms with Crippen molar-refractivity contribution in [2.45, 2.75) is 13.5 Å². The van der Waals surface area contributed by atoms with Crippen molar-refractivity contribution >= 4 is 21.4 Å². The monoisotopic (exact) mass is 330 g/mol. The smallest absolute Gasteiger partial charge is 0.151 e. The molecule has 0 saturated carbocycles. The highest BCUT2D eigenvalue weighted by Gasteiger charge is 2.19. The van der Waals surface area contributed by atoms with Crippen molar-refractivity contribution in [1.29, 1.82) is 0 Å². The normalized spacial score (nSPS) is 18.0. The first kappa shape index (κ1) is 16.7. The Kier molecular flexibility index (Phi) is 6.05. The molecule has 0 aromatic heterocycles. The van der Waals surface area contributed by atoms with E-state index in [1.165, 1.54) is 0 Å². The van der Waals surface area contributed by atoms with Gasteiger partial charge in [0.15, 0.2) is 9.84 Å². The molecule has 1 heterocycles. The highest BCUT2D eigenvalue weighted by atomic mass is 35.5. The molecule has 0 spiro atoms. The fourth-order valence-electron chi connectivity index (χ4n) is 2.45. The minimum Gasteiger partial charge on any atom is -0.300 e. The van der Waals surface area contributed by atoms with Crippen LogP contribution in [-0.4, -0.2) is 62.4 Å². The van der Waals surface area contributed by atoms with Gasteiger partial charge in [-0.15, -0.1) is 0 Å². The zero-order chi connectivity index (χ0) is 15.3. The summed E-state index contributed by atoms with van der Waals surface area (Å²) >= 11 is 6.18. The number of halogens is 1. The van der Waals surface area contributed by atoms with Gasteiger partial charge in [-0.3, -0.25) is 9.80 Å². The molecule has 0 radical (unpaired) electrons. The van der Waals surface area contributed by atoms with Crippen LogP contribution >= 0.6 is 11.6 Å². The number of benzene rings is 1. The Morgan fingerprint density at radius 2 is 1.71 bits per heavy atom. The van der Waals surface area contributed by atoms with Crippen LogP contribution in [0.5, 0.6) is 0 Å². The van der Waals surface area contributed by atoms with Gasteiger partial charge in [-0.25, -0.2) is 8.42 Å². The second-order valence-corrected chi connectivity index (χ2v) is 8.33. The molecule has 4 nitrogen and oxygen atoms in total. The van der Waals surface area contributed by atoms with Crippen molar-refractivity contribution in [2.24, 2.45) is 0 Å². The van der Waals surface area contributed by atoms with Crippen LogP contribution in [0, 0.1) is 0 Å². The summed E-state index contributed by atoms with van der Waals surface area (Å²) in [5.41, 5.74) is 1.15. The highest BCUT2D eigenvalue weighted by molar-refractivity contribution is 7.91. The van der Waals surface area contributed by atoms with E-state index < -0.39 is 9.84 Å². The molecule has 6 heteroatoms. The molecular weight excluding hydrogens is 308 g/mol. The van der Waals surface area contributed by atoms with Gasteiger partial charge in [-0.05, 0) is 11.6 Å². The van der Waals surface area contributed by atoms with Crippen molar-refractivity contribution in [1.82, 2.24) is 9.80 Å². The highest BCUT2D eigenvalue weighted by Crippen LogP contribution is 2.17. The Labute approximate surface area is 132 Å². The molecule has 118 valence electrons. The Balaban J connectivity index is 1.77. The summed E-state index contributed by atoms with van der Waals surface area (Å²) < 4.78 is 23.1. The number of hydrogen-bond acceptors (Lipinski definition) is 4. The molecule has 1 aliphatic rings. The van der Waals surface area contributed by atoms with Crippen LogP contribution in [0.1, 0.15) is 12.5 Å².